The van der Waals surface area contributed by atoms with E-state index in [9.17, 15) is 4.79 Å². The van der Waals surface area contributed by atoms with Crippen LogP contribution in [0.1, 0.15) is 18.9 Å². The Morgan fingerprint density at radius 1 is 1.38 bits per heavy atom. The third-order valence-electron chi connectivity index (χ3n) is 2.21. The molecule has 16 heavy (non-hydrogen) atoms. The first kappa shape index (κ1) is 13.1. The Morgan fingerprint density at radius 3 is 2.62 bits per heavy atom. The third kappa shape index (κ3) is 4.24. The molecule has 0 spiro atoms. The van der Waals surface area contributed by atoms with Crippen LogP contribution in [-0.4, -0.2) is 18.7 Å². The van der Waals surface area contributed by atoms with E-state index in [-0.39, 0.29) is 5.97 Å². The van der Waals surface area contributed by atoms with Crippen LogP contribution in [0.2, 0.25) is 0 Å². The molecule has 0 saturated carbocycles. The maximum absolute atomic E-state index is 11.4. The highest BCUT2D eigenvalue weighted by Crippen LogP contribution is 2.10. The van der Waals surface area contributed by atoms with Gasteiger partial charge in [-0.2, -0.15) is 0 Å². The van der Waals surface area contributed by atoms with Gasteiger partial charge in [-0.3, -0.25) is 0 Å². The summed E-state index contributed by atoms with van der Waals surface area (Å²) in [5, 5.41) is 0. The van der Waals surface area contributed by atoms with E-state index in [0.717, 1.165) is 6.42 Å². The molecule has 0 bridgehead atoms. The summed E-state index contributed by atoms with van der Waals surface area (Å²) >= 11 is 3.69. The number of aryl methyl sites for hydroxylation is 1. The zero-order valence-corrected chi connectivity index (χ0v) is 10.2. The number of thiol groups is 1. The summed E-state index contributed by atoms with van der Waals surface area (Å²) in [6.07, 6.45) is 0.750. The number of esters is 1. The highest BCUT2D eigenvalue weighted by atomic mass is 32.1. The average Bonchev–Trinajstić information content (AvgIpc) is 2.31. The van der Waals surface area contributed by atoms with E-state index in [1.165, 1.54) is 5.56 Å². The Kier molecular flexibility index (Phi) is 5.96. The van der Waals surface area contributed by atoms with Crippen molar-refractivity contribution in [2.75, 3.05) is 6.61 Å². The van der Waals surface area contributed by atoms with Crippen molar-refractivity contribution in [3.05, 3.63) is 35.9 Å². The van der Waals surface area contributed by atoms with Gasteiger partial charge in [0.15, 0.2) is 6.10 Å². The van der Waals surface area contributed by atoms with Crippen LogP contribution in [0.3, 0.4) is 0 Å². The minimum atomic E-state index is -0.594. The topological polar surface area (TPSA) is 35.5 Å². The minimum Gasteiger partial charge on any atom is -0.464 e. The zero-order chi connectivity index (χ0) is 11.8. The van der Waals surface area contributed by atoms with Crippen molar-refractivity contribution in [1.82, 2.24) is 0 Å². The lowest BCUT2D eigenvalue weighted by atomic mass is 10.1. The summed E-state index contributed by atoms with van der Waals surface area (Å²) in [6.45, 7) is 2.13. The van der Waals surface area contributed by atoms with Gasteiger partial charge in [-0.15, -0.1) is 0 Å². The maximum Gasteiger partial charge on any atom is 0.336 e. The van der Waals surface area contributed by atoms with Gasteiger partial charge in [0.2, 0.25) is 0 Å². The van der Waals surface area contributed by atoms with E-state index in [2.05, 4.69) is 12.9 Å². The number of carbonyl (C=O) groups excluding carboxylic acids is 1. The van der Waals surface area contributed by atoms with Crippen molar-refractivity contribution in [3.63, 3.8) is 0 Å². The molecule has 0 aromatic heterocycles. The number of hydrogen-bond acceptors (Lipinski definition) is 4. The highest BCUT2D eigenvalue weighted by molar-refractivity contribution is 7.75. The molecule has 88 valence electrons. The van der Waals surface area contributed by atoms with Crippen LogP contribution in [-0.2, 0) is 20.1 Å². The molecule has 0 aliphatic rings. The molecular weight excluding hydrogens is 224 g/mol. The quantitative estimate of drug-likeness (QED) is 0.471. The van der Waals surface area contributed by atoms with E-state index in [1.54, 1.807) is 6.92 Å². The van der Waals surface area contributed by atoms with Crippen molar-refractivity contribution in [3.8, 4) is 0 Å². The van der Waals surface area contributed by atoms with E-state index < -0.39 is 6.10 Å². The molecule has 0 amide bonds. The Balaban J connectivity index is 2.43. The van der Waals surface area contributed by atoms with Crippen LogP contribution in [0.4, 0.5) is 0 Å². The fourth-order valence-electron chi connectivity index (χ4n) is 1.39. The van der Waals surface area contributed by atoms with Gasteiger partial charge in [-0.25, -0.2) is 4.79 Å². The molecule has 0 N–H and O–H groups in total. The summed E-state index contributed by atoms with van der Waals surface area (Å²) in [5.74, 6) is -0.353. The van der Waals surface area contributed by atoms with Crippen molar-refractivity contribution >= 4 is 18.9 Å². The zero-order valence-electron chi connectivity index (χ0n) is 9.26. The fraction of sp³-hybridized carbons (Fsp3) is 0.417. The average molecular weight is 240 g/mol. The second kappa shape index (κ2) is 7.30. The molecule has 0 heterocycles. The molecule has 0 aliphatic heterocycles. The van der Waals surface area contributed by atoms with E-state index in [4.69, 9.17) is 8.92 Å². The second-order valence-electron chi connectivity index (χ2n) is 3.37. The molecule has 1 atom stereocenters. The number of carbonyl (C=O) groups is 1. The molecule has 1 aromatic carbocycles. The summed E-state index contributed by atoms with van der Waals surface area (Å²) in [5.41, 5.74) is 1.17. The van der Waals surface area contributed by atoms with Gasteiger partial charge in [0, 0.05) is 0 Å². The third-order valence-corrected chi connectivity index (χ3v) is 2.47. The van der Waals surface area contributed by atoms with Crippen LogP contribution >= 0.6 is 12.9 Å². The van der Waals surface area contributed by atoms with Crippen LogP contribution in [0.25, 0.3) is 0 Å². The Bertz CT molecular complexity index is 313. The van der Waals surface area contributed by atoms with Crippen molar-refractivity contribution in [2.45, 2.75) is 25.9 Å². The first-order valence-corrected chi connectivity index (χ1v) is 5.65. The van der Waals surface area contributed by atoms with Crippen LogP contribution in [0, 0.1) is 0 Å². The number of rotatable bonds is 6. The molecule has 4 heteroatoms. The lowest BCUT2D eigenvalue weighted by Crippen LogP contribution is -2.24. The number of hydrogen-bond donors (Lipinski definition) is 1. The Hall–Kier alpha value is -1.00. The molecule has 0 saturated heterocycles. The van der Waals surface area contributed by atoms with Gasteiger partial charge in [-0.05, 0) is 38.2 Å². The van der Waals surface area contributed by atoms with Crippen LogP contribution in [0.5, 0.6) is 0 Å². The van der Waals surface area contributed by atoms with Gasteiger partial charge < -0.3 is 8.92 Å². The lowest BCUT2D eigenvalue weighted by molar-refractivity contribution is -0.150. The highest BCUT2D eigenvalue weighted by Gasteiger charge is 2.19. The first-order chi connectivity index (χ1) is 7.77. The summed E-state index contributed by atoms with van der Waals surface area (Å²) in [4.78, 5) is 11.4. The fourth-order valence-corrected chi connectivity index (χ4v) is 1.58. The summed E-state index contributed by atoms with van der Waals surface area (Å²) in [7, 11) is 0. The molecule has 0 aliphatic carbocycles. The normalized spacial score (nSPS) is 12.1. The Labute approximate surface area is 101 Å². The molecular formula is C12H16O3S. The second-order valence-corrected chi connectivity index (χ2v) is 3.58. The smallest absolute Gasteiger partial charge is 0.336 e. The van der Waals surface area contributed by atoms with Gasteiger partial charge >= 0.3 is 5.97 Å². The largest absolute Gasteiger partial charge is 0.464 e. The monoisotopic (exact) mass is 240 g/mol. The van der Waals surface area contributed by atoms with Gasteiger partial charge in [0.05, 0.1) is 6.61 Å². The SMILES string of the molecule is CCOC(=O)C(CCc1ccccc1)OS. The maximum atomic E-state index is 11.4. The predicted molar refractivity (Wildman–Crippen MR) is 65.3 cm³/mol. The van der Waals surface area contributed by atoms with E-state index in [1.807, 2.05) is 30.3 Å². The number of benzene rings is 1. The molecule has 0 fully saturated rings. The molecule has 3 nitrogen and oxygen atoms in total. The van der Waals surface area contributed by atoms with E-state index >= 15 is 0 Å². The standard InChI is InChI=1S/C12H16O3S/c1-2-14-12(13)11(15-16)9-8-10-6-4-3-5-7-10/h3-7,11,16H,2,8-9H2,1H3. The van der Waals surface area contributed by atoms with Gasteiger partial charge in [0.1, 0.15) is 0 Å². The van der Waals surface area contributed by atoms with Gasteiger partial charge in [0.25, 0.3) is 0 Å². The van der Waals surface area contributed by atoms with Crippen molar-refractivity contribution in [1.29, 1.82) is 0 Å². The van der Waals surface area contributed by atoms with Gasteiger partial charge in [-0.1, -0.05) is 30.3 Å². The summed E-state index contributed by atoms with van der Waals surface area (Å²) < 4.78 is 9.68. The minimum absolute atomic E-state index is 0.353. The van der Waals surface area contributed by atoms with Crippen LogP contribution < -0.4 is 0 Å². The van der Waals surface area contributed by atoms with Crippen LogP contribution in [0.15, 0.2) is 30.3 Å². The lowest BCUT2D eigenvalue weighted by Gasteiger charge is -2.12. The van der Waals surface area contributed by atoms with Crippen molar-refractivity contribution < 1.29 is 13.7 Å². The molecule has 1 aromatic rings. The molecule has 1 rings (SSSR count). The predicted octanol–water partition coefficient (Wildman–Crippen LogP) is 2.41. The van der Waals surface area contributed by atoms with E-state index in [0.29, 0.717) is 13.0 Å². The Morgan fingerprint density at radius 2 is 2.06 bits per heavy atom. The molecule has 1 unspecified atom stereocenters. The first-order valence-electron chi connectivity index (χ1n) is 5.28. The van der Waals surface area contributed by atoms with Crippen molar-refractivity contribution in [2.24, 2.45) is 0 Å². The molecule has 0 radical (unpaired) electrons. The summed E-state index contributed by atoms with van der Waals surface area (Å²) in [6, 6.07) is 9.93. The number of ether oxygens (including phenoxy) is 1.